The van der Waals surface area contributed by atoms with Gasteiger partial charge in [-0.25, -0.2) is 9.97 Å². The molecule has 1 aromatic carbocycles. The van der Waals surface area contributed by atoms with Gasteiger partial charge in [0.05, 0.1) is 12.1 Å². The van der Waals surface area contributed by atoms with Gasteiger partial charge >= 0.3 is 0 Å². The fraction of sp³-hybridized carbons (Fsp3) is 0.261. The molecule has 0 bridgehead atoms. The van der Waals surface area contributed by atoms with Gasteiger partial charge in [0.25, 0.3) is 0 Å². The number of aromatic amines is 1. The third-order valence-corrected chi connectivity index (χ3v) is 4.71. The largest absolute Gasteiger partial charge is 0.494 e. The molecule has 0 spiro atoms. The van der Waals surface area contributed by atoms with Gasteiger partial charge in [0.2, 0.25) is 0 Å². The molecule has 0 amide bonds. The Morgan fingerprint density at radius 3 is 2.71 bits per heavy atom. The number of hydrogen-bond donors (Lipinski definition) is 1. The summed E-state index contributed by atoms with van der Waals surface area (Å²) in [6.07, 6.45) is 10.2. The van der Waals surface area contributed by atoms with Crippen molar-refractivity contribution in [3.8, 4) is 28.3 Å². The Balaban J connectivity index is 1.53. The number of rotatable bonds is 8. The first-order chi connectivity index (χ1) is 13.8. The highest BCUT2D eigenvalue weighted by molar-refractivity contribution is 5.81. The van der Waals surface area contributed by atoms with Gasteiger partial charge in [-0.15, -0.1) is 0 Å². The van der Waals surface area contributed by atoms with Crippen LogP contribution >= 0.6 is 0 Å². The zero-order valence-electron chi connectivity index (χ0n) is 16.1. The lowest BCUT2D eigenvalue weighted by Gasteiger charge is -2.07. The summed E-state index contributed by atoms with van der Waals surface area (Å²) in [6, 6.07) is 14.1. The Bertz CT molecular complexity index is 1040. The van der Waals surface area contributed by atoms with Crippen LogP contribution in [-0.2, 0) is 0 Å². The number of nitrogens with zero attached hydrogens (tertiary/aromatic N) is 3. The number of pyridine rings is 2. The van der Waals surface area contributed by atoms with E-state index >= 15 is 0 Å². The van der Waals surface area contributed by atoms with E-state index in [1.807, 2.05) is 48.8 Å². The molecule has 0 aliphatic carbocycles. The van der Waals surface area contributed by atoms with Gasteiger partial charge in [-0.3, -0.25) is 4.98 Å². The Hall–Kier alpha value is -3.21. The molecule has 4 aromatic rings. The molecule has 0 saturated heterocycles. The van der Waals surface area contributed by atoms with E-state index in [1.165, 1.54) is 19.3 Å². The zero-order valence-corrected chi connectivity index (χ0v) is 16.1. The summed E-state index contributed by atoms with van der Waals surface area (Å²) in [5.41, 5.74) is 4.65. The highest BCUT2D eigenvalue weighted by atomic mass is 16.5. The van der Waals surface area contributed by atoms with E-state index in [0.717, 1.165) is 46.8 Å². The maximum Gasteiger partial charge on any atom is 0.178 e. The van der Waals surface area contributed by atoms with E-state index in [9.17, 15) is 0 Å². The van der Waals surface area contributed by atoms with E-state index in [1.54, 1.807) is 6.20 Å². The molecule has 0 radical (unpaired) electrons. The SMILES string of the molecule is CCCCCCOc1cccc(-c2nc3ncc(-c4cccnc4)cc3[nH]2)c1. The molecule has 0 unspecified atom stereocenters. The van der Waals surface area contributed by atoms with Crippen molar-refractivity contribution < 1.29 is 4.74 Å². The van der Waals surface area contributed by atoms with Crippen LogP contribution in [0.2, 0.25) is 0 Å². The fourth-order valence-corrected chi connectivity index (χ4v) is 3.18. The number of H-pyrrole nitrogens is 1. The molecule has 0 aliphatic rings. The maximum absolute atomic E-state index is 5.90. The van der Waals surface area contributed by atoms with Crippen molar-refractivity contribution in [2.75, 3.05) is 6.61 Å². The van der Waals surface area contributed by atoms with Gasteiger partial charge in [-0.1, -0.05) is 44.4 Å². The number of unbranched alkanes of at least 4 members (excludes halogenated alkanes) is 3. The number of hydrogen-bond acceptors (Lipinski definition) is 4. The Morgan fingerprint density at radius 2 is 1.86 bits per heavy atom. The normalized spacial score (nSPS) is 11.0. The van der Waals surface area contributed by atoms with E-state index in [0.29, 0.717) is 5.65 Å². The van der Waals surface area contributed by atoms with Crippen LogP contribution in [0.25, 0.3) is 33.7 Å². The molecule has 4 rings (SSSR count). The smallest absolute Gasteiger partial charge is 0.178 e. The zero-order chi connectivity index (χ0) is 19.2. The summed E-state index contributed by atoms with van der Waals surface area (Å²) in [5, 5.41) is 0. The Labute approximate surface area is 164 Å². The summed E-state index contributed by atoms with van der Waals surface area (Å²) in [6.45, 7) is 2.96. The maximum atomic E-state index is 5.90. The number of imidazole rings is 1. The Kier molecular flexibility index (Phi) is 5.61. The summed E-state index contributed by atoms with van der Waals surface area (Å²) in [7, 11) is 0. The number of aromatic nitrogens is 4. The molecule has 0 fully saturated rings. The lowest BCUT2D eigenvalue weighted by Crippen LogP contribution is -1.97. The number of ether oxygens (including phenoxy) is 1. The van der Waals surface area contributed by atoms with Crippen molar-refractivity contribution in [1.29, 1.82) is 0 Å². The lowest BCUT2D eigenvalue weighted by molar-refractivity contribution is 0.305. The minimum Gasteiger partial charge on any atom is -0.494 e. The first-order valence-electron chi connectivity index (χ1n) is 9.83. The van der Waals surface area contributed by atoms with Crippen LogP contribution in [0.3, 0.4) is 0 Å². The van der Waals surface area contributed by atoms with Crippen molar-refractivity contribution in [1.82, 2.24) is 19.9 Å². The molecule has 1 N–H and O–H groups in total. The second-order valence-electron chi connectivity index (χ2n) is 6.86. The minimum atomic E-state index is 0.702. The van der Waals surface area contributed by atoms with Crippen LogP contribution in [0.15, 0.2) is 61.1 Å². The first-order valence-corrected chi connectivity index (χ1v) is 9.83. The molecular formula is C23H24N4O. The van der Waals surface area contributed by atoms with Crippen LogP contribution in [0, 0.1) is 0 Å². The van der Waals surface area contributed by atoms with Crippen LogP contribution in [0.5, 0.6) is 5.75 Å². The fourth-order valence-electron chi connectivity index (χ4n) is 3.18. The van der Waals surface area contributed by atoms with E-state index < -0.39 is 0 Å². The molecule has 0 atom stereocenters. The standard InChI is InChI=1S/C23H24N4O/c1-2-3-4-5-12-28-20-10-6-8-17(13-20)22-26-21-14-19(16-25-23(21)27-22)18-9-7-11-24-15-18/h6-11,13-16H,2-5,12H2,1H3,(H,25,26,27). The molecule has 5 nitrogen and oxygen atoms in total. The minimum absolute atomic E-state index is 0.702. The molecule has 5 heteroatoms. The molecule has 3 aromatic heterocycles. The third kappa shape index (κ3) is 4.19. The molecule has 0 aliphatic heterocycles. The van der Waals surface area contributed by atoms with Crippen LogP contribution in [0.1, 0.15) is 32.6 Å². The highest BCUT2D eigenvalue weighted by Gasteiger charge is 2.09. The molecule has 142 valence electrons. The van der Waals surface area contributed by atoms with E-state index in [4.69, 9.17) is 4.74 Å². The average Bonchev–Trinajstić information content (AvgIpc) is 3.18. The lowest BCUT2D eigenvalue weighted by atomic mass is 10.1. The van der Waals surface area contributed by atoms with Crippen molar-refractivity contribution in [2.45, 2.75) is 32.6 Å². The quantitative estimate of drug-likeness (QED) is 0.406. The summed E-state index contributed by atoms with van der Waals surface area (Å²) in [4.78, 5) is 16.7. The van der Waals surface area contributed by atoms with Crippen molar-refractivity contribution >= 4 is 11.2 Å². The van der Waals surface area contributed by atoms with E-state index in [2.05, 4.69) is 32.9 Å². The number of fused-ring (bicyclic) bond motifs is 1. The Morgan fingerprint density at radius 1 is 0.929 bits per heavy atom. The molecule has 0 saturated carbocycles. The first kappa shape index (κ1) is 18.2. The average molecular weight is 372 g/mol. The summed E-state index contributed by atoms with van der Waals surface area (Å²) < 4.78 is 5.90. The van der Waals surface area contributed by atoms with Gasteiger partial charge in [0.15, 0.2) is 5.65 Å². The van der Waals surface area contributed by atoms with Gasteiger partial charge in [0.1, 0.15) is 11.6 Å². The van der Waals surface area contributed by atoms with Crippen molar-refractivity contribution in [3.05, 3.63) is 61.1 Å². The predicted molar refractivity (Wildman–Crippen MR) is 112 cm³/mol. The van der Waals surface area contributed by atoms with Crippen LogP contribution in [0.4, 0.5) is 0 Å². The number of benzene rings is 1. The molecule has 3 heterocycles. The van der Waals surface area contributed by atoms with Crippen molar-refractivity contribution in [2.24, 2.45) is 0 Å². The third-order valence-electron chi connectivity index (χ3n) is 4.71. The molecular weight excluding hydrogens is 348 g/mol. The van der Waals surface area contributed by atoms with Gasteiger partial charge in [-0.2, -0.15) is 0 Å². The van der Waals surface area contributed by atoms with Gasteiger partial charge in [0, 0.05) is 35.3 Å². The summed E-state index contributed by atoms with van der Waals surface area (Å²) in [5.74, 6) is 1.67. The second kappa shape index (κ2) is 8.65. The van der Waals surface area contributed by atoms with Crippen molar-refractivity contribution in [3.63, 3.8) is 0 Å². The van der Waals surface area contributed by atoms with Gasteiger partial charge in [-0.05, 0) is 30.7 Å². The summed E-state index contributed by atoms with van der Waals surface area (Å²) >= 11 is 0. The second-order valence-corrected chi connectivity index (χ2v) is 6.86. The number of nitrogens with one attached hydrogen (secondary N) is 1. The monoisotopic (exact) mass is 372 g/mol. The van der Waals surface area contributed by atoms with Gasteiger partial charge < -0.3 is 9.72 Å². The van der Waals surface area contributed by atoms with Crippen LogP contribution in [-0.4, -0.2) is 26.5 Å². The van der Waals surface area contributed by atoms with Crippen LogP contribution < -0.4 is 4.74 Å². The predicted octanol–water partition coefficient (Wildman–Crippen LogP) is 5.65. The highest BCUT2D eigenvalue weighted by Crippen LogP contribution is 2.26. The molecule has 28 heavy (non-hydrogen) atoms. The topological polar surface area (TPSA) is 63.7 Å². The van der Waals surface area contributed by atoms with E-state index in [-0.39, 0.29) is 0 Å².